The van der Waals surface area contributed by atoms with Crippen LogP contribution in [0, 0.1) is 0 Å². The molecule has 0 aromatic carbocycles. The summed E-state index contributed by atoms with van der Waals surface area (Å²) in [6.07, 6.45) is 54.0. The van der Waals surface area contributed by atoms with Gasteiger partial charge in [-0.1, -0.05) is 231 Å². The second-order valence-electron chi connectivity index (χ2n) is 19.6. The molecule has 0 aliphatic heterocycles. The van der Waals surface area contributed by atoms with E-state index in [0.29, 0.717) is 24.1 Å². The zero-order valence-electron chi connectivity index (χ0n) is 42.1. The normalized spacial score (nSPS) is 13.6. The minimum Gasteiger partial charge on any atom is -0.457 e. The van der Waals surface area contributed by atoms with E-state index >= 15 is 0 Å². The molecule has 0 aromatic rings. The molecular weight excluding hydrogens is 794 g/mol. The number of allylic oxidation sites excluding steroid dienone is 2. The van der Waals surface area contributed by atoms with Crippen molar-refractivity contribution in [3.8, 4) is 0 Å². The lowest BCUT2D eigenvalue weighted by atomic mass is 10.0. The van der Waals surface area contributed by atoms with Gasteiger partial charge in [-0.3, -0.25) is 13.8 Å². The molecule has 0 bridgehead atoms. The number of hydrogen-bond acceptors (Lipinski definition) is 6. The van der Waals surface area contributed by atoms with Crippen LogP contribution in [0.1, 0.15) is 264 Å². The molecule has 0 spiro atoms. The van der Waals surface area contributed by atoms with Gasteiger partial charge in [0.1, 0.15) is 19.3 Å². The number of unbranched alkanes of at least 4 members (excludes halogenated alkanes) is 35. The molecule has 2 atom stereocenters. The van der Waals surface area contributed by atoms with Gasteiger partial charge in [-0.2, -0.15) is 0 Å². The molecule has 1 N–H and O–H groups in total. The fraction of sp³-hybridized carbons (Fsp3) is 0.943. The first-order valence-electron chi connectivity index (χ1n) is 26.9. The van der Waals surface area contributed by atoms with Crippen LogP contribution in [0.15, 0.2) is 12.2 Å². The van der Waals surface area contributed by atoms with E-state index < -0.39 is 13.9 Å². The van der Waals surface area contributed by atoms with E-state index in [2.05, 4.69) is 26.0 Å². The Morgan fingerprint density at radius 3 is 1.23 bits per heavy atom. The van der Waals surface area contributed by atoms with E-state index in [4.69, 9.17) is 18.5 Å². The number of carbonyl (C=O) groups is 1. The van der Waals surface area contributed by atoms with Gasteiger partial charge >= 0.3 is 13.8 Å². The van der Waals surface area contributed by atoms with Crippen molar-refractivity contribution in [2.75, 3.05) is 54.1 Å². The zero-order valence-corrected chi connectivity index (χ0v) is 43.0. The summed E-state index contributed by atoms with van der Waals surface area (Å²) in [7, 11) is 1.68. The quantitative estimate of drug-likeness (QED) is 0.0214. The highest BCUT2D eigenvalue weighted by atomic mass is 31.2. The van der Waals surface area contributed by atoms with Crippen LogP contribution in [0.5, 0.6) is 0 Å². The number of quaternary nitrogens is 1. The molecule has 0 saturated carbocycles. The molecular formula is C53H107NO7P+. The first-order chi connectivity index (χ1) is 30.1. The Balaban J connectivity index is 4.07. The highest BCUT2D eigenvalue weighted by Gasteiger charge is 2.26. The van der Waals surface area contributed by atoms with Gasteiger partial charge < -0.3 is 18.9 Å². The highest BCUT2D eigenvalue weighted by Crippen LogP contribution is 2.43. The van der Waals surface area contributed by atoms with Crippen LogP contribution in [0.2, 0.25) is 0 Å². The third-order valence-electron chi connectivity index (χ3n) is 12.1. The summed E-state index contributed by atoms with van der Waals surface area (Å²) in [5, 5.41) is 0. The number of ether oxygens (including phenoxy) is 2. The van der Waals surface area contributed by atoms with Gasteiger partial charge in [-0.05, 0) is 38.5 Å². The lowest BCUT2D eigenvalue weighted by Crippen LogP contribution is -2.37. The molecule has 0 fully saturated rings. The van der Waals surface area contributed by atoms with E-state index in [-0.39, 0.29) is 25.8 Å². The molecule has 0 heterocycles. The molecule has 8 nitrogen and oxygen atoms in total. The van der Waals surface area contributed by atoms with E-state index in [1.807, 2.05) is 21.1 Å². The first kappa shape index (κ1) is 61.2. The molecule has 0 aliphatic carbocycles. The standard InChI is InChI=1S/C53H106NO7P/c1-6-8-10-12-14-16-18-20-22-24-26-27-28-29-31-33-35-37-39-41-43-45-48-58-50-52(51-60-62(56,57)59-49-47-54(3,4)5)61-53(55)46-44-42-40-38-36-34-32-30-25-23-21-19-17-15-13-11-9-7-2/h24,26,52H,6-23,25,27-51H2,1-5H3/p+1/b26-24-. The summed E-state index contributed by atoms with van der Waals surface area (Å²) in [4.78, 5) is 23.0. The maximum Gasteiger partial charge on any atom is 0.472 e. The van der Waals surface area contributed by atoms with Crippen LogP contribution in [0.25, 0.3) is 0 Å². The van der Waals surface area contributed by atoms with Gasteiger partial charge in [0.15, 0.2) is 0 Å². The van der Waals surface area contributed by atoms with Crippen molar-refractivity contribution in [3.05, 3.63) is 12.2 Å². The average molecular weight is 901 g/mol. The van der Waals surface area contributed by atoms with Crippen LogP contribution >= 0.6 is 7.82 Å². The lowest BCUT2D eigenvalue weighted by molar-refractivity contribution is -0.870. The Bertz CT molecular complexity index is 1000. The van der Waals surface area contributed by atoms with Crippen molar-refractivity contribution < 1.29 is 37.3 Å². The lowest BCUT2D eigenvalue weighted by Gasteiger charge is -2.24. The predicted molar refractivity (Wildman–Crippen MR) is 266 cm³/mol. The van der Waals surface area contributed by atoms with Crippen LogP contribution < -0.4 is 0 Å². The van der Waals surface area contributed by atoms with E-state index in [0.717, 1.165) is 32.1 Å². The molecule has 62 heavy (non-hydrogen) atoms. The summed E-state index contributed by atoms with van der Waals surface area (Å²) in [6.45, 7) is 5.69. The number of phosphoric acid groups is 1. The summed E-state index contributed by atoms with van der Waals surface area (Å²) in [5.41, 5.74) is 0. The number of likely N-dealkylation sites (N-methyl/N-ethyl adjacent to an activating group) is 1. The maximum atomic E-state index is 12.8. The van der Waals surface area contributed by atoms with Crippen LogP contribution in [-0.4, -0.2) is 75.6 Å². The van der Waals surface area contributed by atoms with Crippen LogP contribution in [0.4, 0.5) is 0 Å². The Hall–Kier alpha value is -0.760. The Kier molecular flexibility index (Phi) is 46.2. The summed E-state index contributed by atoms with van der Waals surface area (Å²) >= 11 is 0. The summed E-state index contributed by atoms with van der Waals surface area (Å²) in [5.74, 6) is -0.307. The Morgan fingerprint density at radius 1 is 0.484 bits per heavy atom. The zero-order chi connectivity index (χ0) is 45.5. The van der Waals surface area contributed by atoms with Crippen molar-refractivity contribution >= 4 is 13.8 Å². The minimum atomic E-state index is -4.28. The summed E-state index contributed by atoms with van der Waals surface area (Å²) < 4.78 is 35.2. The predicted octanol–water partition coefficient (Wildman–Crippen LogP) is 16.6. The molecule has 9 heteroatoms. The van der Waals surface area contributed by atoms with E-state index in [1.165, 1.54) is 212 Å². The molecule has 0 aliphatic rings. The second kappa shape index (κ2) is 46.8. The van der Waals surface area contributed by atoms with Crippen molar-refractivity contribution in [2.45, 2.75) is 270 Å². The monoisotopic (exact) mass is 901 g/mol. The smallest absolute Gasteiger partial charge is 0.457 e. The highest BCUT2D eigenvalue weighted by molar-refractivity contribution is 7.47. The number of phosphoric ester groups is 1. The third kappa shape index (κ3) is 50.2. The van der Waals surface area contributed by atoms with Crippen molar-refractivity contribution in [3.63, 3.8) is 0 Å². The summed E-state index contributed by atoms with van der Waals surface area (Å²) in [6, 6.07) is 0. The third-order valence-corrected chi connectivity index (χ3v) is 13.1. The Labute approximate surface area is 386 Å². The topological polar surface area (TPSA) is 91.3 Å². The number of nitrogens with zero attached hydrogens (tertiary/aromatic N) is 1. The van der Waals surface area contributed by atoms with Crippen molar-refractivity contribution in [2.24, 2.45) is 0 Å². The average Bonchev–Trinajstić information content (AvgIpc) is 3.23. The van der Waals surface area contributed by atoms with E-state index in [1.54, 1.807) is 0 Å². The molecule has 370 valence electrons. The van der Waals surface area contributed by atoms with Gasteiger partial charge in [0.05, 0.1) is 34.4 Å². The molecule has 0 amide bonds. The SMILES string of the molecule is CCCCCCCCCC/C=C\CCCCCCCCCCCCOCC(COP(=O)(O)OCC[N+](C)(C)C)OC(=O)CCCCCCCCCCCCCCCCCCCC. The fourth-order valence-electron chi connectivity index (χ4n) is 7.90. The maximum absolute atomic E-state index is 12.8. The number of esters is 1. The van der Waals surface area contributed by atoms with Crippen LogP contribution in [0.3, 0.4) is 0 Å². The van der Waals surface area contributed by atoms with Gasteiger partial charge in [0.25, 0.3) is 0 Å². The molecule has 0 rings (SSSR count). The first-order valence-corrected chi connectivity index (χ1v) is 28.4. The van der Waals surface area contributed by atoms with Crippen molar-refractivity contribution in [1.82, 2.24) is 0 Å². The van der Waals surface area contributed by atoms with Crippen LogP contribution in [-0.2, 0) is 27.9 Å². The fourth-order valence-corrected chi connectivity index (χ4v) is 8.65. The molecule has 2 unspecified atom stereocenters. The Morgan fingerprint density at radius 2 is 0.839 bits per heavy atom. The van der Waals surface area contributed by atoms with Gasteiger partial charge in [-0.25, -0.2) is 4.57 Å². The number of hydrogen-bond donors (Lipinski definition) is 1. The molecule has 0 saturated heterocycles. The van der Waals surface area contributed by atoms with Gasteiger partial charge in [-0.15, -0.1) is 0 Å². The largest absolute Gasteiger partial charge is 0.472 e. The van der Waals surface area contributed by atoms with Crippen molar-refractivity contribution in [1.29, 1.82) is 0 Å². The van der Waals surface area contributed by atoms with E-state index in [9.17, 15) is 14.3 Å². The minimum absolute atomic E-state index is 0.0922. The molecule has 0 aromatic heterocycles. The molecule has 0 radical (unpaired) electrons. The second-order valence-corrected chi connectivity index (χ2v) is 21.1. The number of carbonyl (C=O) groups excluding carboxylic acids is 1. The number of rotatable bonds is 51. The van der Waals surface area contributed by atoms with Gasteiger partial charge in [0.2, 0.25) is 0 Å². The van der Waals surface area contributed by atoms with Gasteiger partial charge in [0, 0.05) is 13.0 Å².